The lowest BCUT2D eigenvalue weighted by Gasteiger charge is -2.10. The molecule has 2 aromatic heterocycles. The molecule has 5 rings (SSSR count). The minimum Gasteiger partial charge on any atom is -0.454 e. The number of allylic oxidation sites excluding steroid dienone is 1. The fraction of sp³-hybridized carbons (Fsp3) is 0.0400. The van der Waals surface area contributed by atoms with Crippen LogP contribution in [0.3, 0.4) is 0 Å². The largest absolute Gasteiger partial charge is 0.454 e. The number of benzene rings is 3. The topological polar surface area (TPSA) is 18.1 Å². The fourth-order valence-corrected chi connectivity index (χ4v) is 4.37. The summed E-state index contributed by atoms with van der Waals surface area (Å²) in [5.41, 5.74) is 6.16. The number of para-hydroxylation sites is 2. The number of halogens is 1. The minimum absolute atomic E-state index is 0.893. The maximum absolute atomic E-state index is 6.31. The second-order valence-electron chi connectivity index (χ2n) is 6.75. The van der Waals surface area contributed by atoms with E-state index in [2.05, 4.69) is 81.7 Å². The van der Waals surface area contributed by atoms with Crippen LogP contribution in [0.2, 0.25) is 0 Å². The normalized spacial score (nSPS) is 11.9. The molecule has 0 radical (unpaired) electrons. The molecule has 0 aliphatic carbocycles. The Morgan fingerprint density at radius 3 is 2.61 bits per heavy atom. The third kappa shape index (κ3) is 2.40. The van der Waals surface area contributed by atoms with Crippen LogP contribution in [0.25, 0.3) is 50.7 Å². The molecule has 0 fully saturated rings. The van der Waals surface area contributed by atoms with Crippen LogP contribution in [0.1, 0.15) is 18.2 Å². The predicted octanol–water partition coefficient (Wildman–Crippen LogP) is 7.97. The summed E-state index contributed by atoms with van der Waals surface area (Å²) in [6.07, 6.45) is 6.12. The number of aromatic nitrogens is 1. The molecule has 136 valence electrons. The molecule has 2 nitrogen and oxygen atoms in total. The molecule has 0 atom stereocenters. The molecule has 5 aromatic rings. The zero-order chi connectivity index (χ0) is 19.3. The van der Waals surface area contributed by atoms with Crippen molar-refractivity contribution in [2.24, 2.45) is 0 Å². The molecule has 0 saturated carbocycles. The van der Waals surface area contributed by atoms with Gasteiger partial charge in [0.2, 0.25) is 0 Å². The van der Waals surface area contributed by atoms with Gasteiger partial charge in [0.1, 0.15) is 5.58 Å². The van der Waals surface area contributed by atoms with Crippen LogP contribution in [0.5, 0.6) is 0 Å². The molecule has 0 saturated heterocycles. The number of rotatable bonds is 3. The second-order valence-corrected chi connectivity index (χ2v) is 7.67. The van der Waals surface area contributed by atoms with Crippen LogP contribution >= 0.6 is 15.9 Å². The van der Waals surface area contributed by atoms with Gasteiger partial charge in [0.15, 0.2) is 5.58 Å². The highest BCUT2D eigenvalue weighted by atomic mass is 79.9. The van der Waals surface area contributed by atoms with E-state index in [9.17, 15) is 0 Å². The summed E-state index contributed by atoms with van der Waals surface area (Å²) in [5, 5.41) is 3.42. The monoisotopic (exact) mass is 427 g/mol. The number of hydrogen-bond donors (Lipinski definition) is 0. The first-order valence-corrected chi connectivity index (χ1v) is 10.0. The molecule has 28 heavy (non-hydrogen) atoms. The first-order chi connectivity index (χ1) is 13.7. The van der Waals surface area contributed by atoms with Gasteiger partial charge in [-0.05, 0) is 43.3 Å². The number of nitrogens with zero attached hydrogens (tertiary/aromatic N) is 1. The van der Waals surface area contributed by atoms with Crippen LogP contribution in [0.4, 0.5) is 0 Å². The van der Waals surface area contributed by atoms with E-state index >= 15 is 0 Å². The van der Waals surface area contributed by atoms with Gasteiger partial charge < -0.3 is 8.98 Å². The van der Waals surface area contributed by atoms with E-state index in [1.54, 1.807) is 0 Å². The van der Waals surface area contributed by atoms with E-state index in [1.807, 2.05) is 31.2 Å². The van der Waals surface area contributed by atoms with Gasteiger partial charge in [-0.3, -0.25) is 0 Å². The Hall–Kier alpha value is -3.04. The number of fused-ring (bicyclic) bond motifs is 4. The van der Waals surface area contributed by atoms with Crippen molar-refractivity contribution in [2.45, 2.75) is 6.92 Å². The van der Waals surface area contributed by atoms with Gasteiger partial charge in [0.25, 0.3) is 0 Å². The zero-order valence-electron chi connectivity index (χ0n) is 15.4. The lowest BCUT2D eigenvalue weighted by molar-refractivity contribution is 0.666. The average molecular weight is 428 g/mol. The van der Waals surface area contributed by atoms with E-state index < -0.39 is 0 Å². The van der Waals surface area contributed by atoms with Gasteiger partial charge >= 0.3 is 0 Å². The molecular weight excluding hydrogens is 410 g/mol. The summed E-state index contributed by atoms with van der Waals surface area (Å²) in [7, 11) is 0. The number of furan rings is 1. The summed E-state index contributed by atoms with van der Waals surface area (Å²) in [5.74, 6) is 0. The molecule has 0 aliphatic heterocycles. The van der Waals surface area contributed by atoms with E-state index in [0.717, 1.165) is 54.3 Å². The lowest BCUT2D eigenvalue weighted by atomic mass is 10.1. The van der Waals surface area contributed by atoms with Crippen molar-refractivity contribution in [3.8, 4) is 5.69 Å². The molecule has 2 heterocycles. The van der Waals surface area contributed by atoms with Crippen LogP contribution in [0, 0.1) is 0 Å². The molecule has 0 aliphatic rings. The Kier molecular flexibility index (Phi) is 3.99. The Labute approximate surface area is 171 Å². The Bertz CT molecular complexity index is 1400. The summed E-state index contributed by atoms with van der Waals surface area (Å²) >= 11 is 3.61. The minimum atomic E-state index is 0.893. The van der Waals surface area contributed by atoms with Crippen molar-refractivity contribution in [3.05, 3.63) is 89.0 Å². The van der Waals surface area contributed by atoms with Crippen LogP contribution in [-0.2, 0) is 0 Å². The van der Waals surface area contributed by atoms with E-state index in [4.69, 9.17) is 4.42 Å². The molecule has 3 aromatic carbocycles. The third-order valence-corrected chi connectivity index (χ3v) is 5.65. The summed E-state index contributed by atoms with van der Waals surface area (Å²) in [4.78, 5) is 0. The van der Waals surface area contributed by atoms with Crippen LogP contribution in [-0.4, -0.2) is 4.57 Å². The molecule has 0 spiro atoms. The number of hydrogen-bond acceptors (Lipinski definition) is 1. The highest BCUT2D eigenvalue weighted by Crippen LogP contribution is 2.38. The van der Waals surface area contributed by atoms with Gasteiger partial charge in [-0.15, -0.1) is 0 Å². The van der Waals surface area contributed by atoms with Gasteiger partial charge in [0, 0.05) is 26.2 Å². The highest BCUT2D eigenvalue weighted by Gasteiger charge is 2.19. The Balaban J connectivity index is 1.97. The zero-order valence-corrected chi connectivity index (χ0v) is 17.0. The fourth-order valence-electron chi connectivity index (χ4n) is 4.01. The van der Waals surface area contributed by atoms with Gasteiger partial charge in [-0.25, -0.2) is 0 Å². The average Bonchev–Trinajstić information content (AvgIpc) is 3.23. The molecule has 0 N–H and O–H groups in total. The molecular formula is C25H18BrNO. The smallest absolute Gasteiger partial charge is 0.159 e. The van der Waals surface area contributed by atoms with Crippen molar-refractivity contribution in [1.82, 2.24) is 4.57 Å². The van der Waals surface area contributed by atoms with E-state index in [1.165, 1.54) is 0 Å². The molecule has 0 unspecified atom stereocenters. The first kappa shape index (κ1) is 17.1. The van der Waals surface area contributed by atoms with Gasteiger partial charge in [0.05, 0.1) is 16.9 Å². The van der Waals surface area contributed by atoms with Crippen molar-refractivity contribution in [3.63, 3.8) is 0 Å². The standard InChI is InChI=1S/C25H18BrNO/c1-3-8-21-17(4-2)20-15-16(26)13-14-22(20)27(21)23-11-7-10-19-18-9-5-6-12-24(18)28-25(19)23/h3-15H,2H2,1H3/b8-3-. The molecule has 3 heteroatoms. The summed E-state index contributed by atoms with van der Waals surface area (Å²) in [6, 6.07) is 20.9. The highest BCUT2D eigenvalue weighted by molar-refractivity contribution is 9.10. The van der Waals surface area contributed by atoms with E-state index in [-0.39, 0.29) is 0 Å². The quantitative estimate of drug-likeness (QED) is 0.285. The second kappa shape index (κ2) is 6.54. The van der Waals surface area contributed by atoms with E-state index in [0.29, 0.717) is 0 Å². The summed E-state index contributed by atoms with van der Waals surface area (Å²) < 4.78 is 9.62. The third-order valence-electron chi connectivity index (χ3n) is 5.16. The van der Waals surface area contributed by atoms with Gasteiger partial charge in [-0.1, -0.05) is 65.0 Å². The van der Waals surface area contributed by atoms with Crippen molar-refractivity contribution < 1.29 is 4.42 Å². The summed E-state index contributed by atoms with van der Waals surface area (Å²) in [6.45, 7) is 6.11. The lowest BCUT2D eigenvalue weighted by Crippen LogP contribution is -1.97. The van der Waals surface area contributed by atoms with Gasteiger partial charge in [-0.2, -0.15) is 0 Å². The van der Waals surface area contributed by atoms with Crippen LogP contribution in [0.15, 0.2) is 82.2 Å². The SMILES string of the molecule is C=Cc1c(/C=C\C)n(-c2cccc3c2oc2ccccc23)c2ccc(Br)cc12. The first-order valence-electron chi connectivity index (χ1n) is 9.22. The Morgan fingerprint density at radius 1 is 0.964 bits per heavy atom. The van der Waals surface area contributed by atoms with Crippen LogP contribution < -0.4 is 0 Å². The van der Waals surface area contributed by atoms with Crippen molar-refractivity contribution >= 4 is 60.9 Å². The molecule has 0 amide bonds. The maximum Gasteiger partial charge on any atom is 0.159 e. The van der Waals surface area contributed by atoms with Crippen molar-refractivity contribution in [1.29, 1.82) is 0 Å². The predicted molar refractivity (Wildman–Crippen MR) is 123 cm³/mol. The Morgan fingerprint density at radius 2 is 1.79 bits per heavy atom. The maximum atomic E-state index is 6.31. The molecule has 0 bridgehead atoms. The van der Waals surface area contributed by atoms with Crippen molar-refractivity contribution in [2.75, 3.05) is 0 Å².